The van der Waals surface area contributed by atoms with Crippen LogP contribution in [0.15, 0.2) is 0 Å². The van der Waals surface area contributed by atoms with Crippen molar-refractivity contribution in [1.82, 2.24) is 4.90 Å². The average molecular weight is 252 g/mol. The largest absolute Gasteiger partial charge is 0.478 e. The van der Waals surface area contributed by atoms with Gasteiger partial charge in [0, 0.05) is 12.6 Å². The quantitative estimate of drug-likeness (QED) is 0.721. The highest BCUT2D eigenvalue weighted by atomic mass is 19.4. The zero-order valence-corrected chi connectivity index (χ0v) is 10.4. The van der Waals surface area contributed by atoms with E-state index in [1.165, 1.54) is 4.90 Å². The molecule has 0 N–H and O–H groups in total. The number of hydrogen-bond acceptors (Lipinski definition) is 2. The molecule has 7 heteroatoms. The van der Waals surface area contributed by atoms with Crippen LogP contribution in [0.3, 0.4) is 0 Å². The smallest absolute Gasteiger partial charge is 0.449 e. The van der Waals surface area contributed by atoms with Gasteiger partial charge in [-0.15, -0.1) is 0 Å². The lowest BCUT2D eigenvalue weighted by Crippen LogP contribution is -2.52. The lowest BCUT2D eigenvalue weighted by molar-refractivity contribution is -0.00609. The molecule has 17 heavy (non-hydrogen) atoms. The van der Waals surface area contributed by atoms with Gasteiger partial charge >= 0.3 is 13.1 Å². The van der Waals surface area contributed by atoms with Gasteiger partial charge in [0.2, 0.25) is 0 Å². The van der Waals surface area contributed by atoms with Gasteiger partial charge in [-0.3, -0.25) is 0 Å². The molecule has 1 atom stereocenters. The fraction of sp³-hybridized carbons (Fsp3) is 0.900. The lowest BCUT2D eigenvalue weighted by Gasteiger charge is -2.42. The van der Waals surface area contributed by atoms with Crippen molar-refractivity contribution in [1.29, 1.82) is 0 Å². The van der Waals surface area contributed by atoms with Gasteiger partial charge < -0.3 is 22.6 Å². The van der Waals surface area contributed by atoms with Gasteiger partial charge in [-0.1, -0.05) is 12.7 Å². The second-order valence-electron chi connectivity index (χ2n) is 5.40. The molecule has 0 spiro atoms. The summed E-state index contributed by atoms with van der Waals surface area (Å²) in [6, 6.07) is -0.312. The predicted octanol–water partition coefficient (Wildman–Crippen LogP) is 3.23. The normalized spacial score (nSPS) is 21.1. The van der Waals surface area contributed by atoms with Crippen molar-refractivity contribution >= 4 is 13.1 Å². The summed E-state index contributed by atoms with van der Waals surface area (Å²) in [5.74, 6) is 0. The Bertz CT molecular complexity index is 288. The van der Waals surface area contributed by atoms with Crippen LogP contribution in [-0.2, 0) is 4.74 Å². The first kappa shape index (κ1) is 14.2. The summed E-state index contributed by atoms with van der Waals surface area (Å²) in [6.07, 6.45) is -0.679. The number of amides is 1. The van der Waals surface area contributed by atoms with Crippen LogP contribution in [0.4, 0.5) is 17.7 Å². The first-order chi connectivity index (χ1) is 7.58. The van der Waals surface area contributed by atoms with Crippen LogP contribution >= 0.6 is 0 Å². The molecule has 100 valence electrons. The SMILES string of the molecule is CC(C)(C)OC(=O)N1CCC1CC[B-](F)(F)F. The molecule has 0 bridgehead atoms. The van der Waals surface area contributed by atoms with Gasteiger partial charge in [-0.25, -0.2) is 4.79 Å². The molecule has 0 aromatic heterocycles. The van der Waals surface area contributed by atoms with Crippen LogP contribution in [0.5, 0.6) is 0 Å². The average Bonchev–Trinajstić information content (AvgIpc) is 1.94. The van der Waals surface area contributed by atoms with Gasteiger partial charge in [0.15, 0.2) is 0 Å². The van der Waals surface area contributed by atoms with Gasteiger partial charge in [0.05, 0.1) is 0 Å². The van der Waals surface area contributed by atoms with Crippen molar-refractivity contribution in [2.75, 3.05) is 6.54 Å². The van der Waals surface area contributed by atoms with Crippen LogP contribution in [-0.4, -0.2) is 36.2 Å². The van der Waals surface area contributed by atoms with Crippen molar-refractivity contribution in [3.8, 4) is 0 Å². The van der Waals surface area contributed by atoms with Gasteiger partial charge in [-0.2, -0.15) is 0 Å². The molecular weight excluding hydrogens is 234 g/mol. The minimum Gasteiger partial charge on any atom is -0.449 e. The summed E-state index contributed by atoms with van der Waals surface area (Å²) in [6.45, 7) is 0.936. The van der Waals surface area contributed by atoms with Crippen molar-refractivity contribution in [2.24, 2.45) is 0 Å². The Hall–Kier alpha value is -0.875. The lowest BCUT2D eigenvalue weighted by atomic mass is 9.80. The van der Waals surface area contributed by atoms with Gasteiger partial charge in [-0.05, 0) is 27.2 Å². The molecule has 1 amide bonds. The Balaban J connectivity index is 2.38. The highest BCUT2D eigenvalue weighted by Crippen LogP contribution is 2.28. The summed E-state index contributed by atoms with van der Waals surface area (Å²) in [7, 11) is 0. The van der Waals surface area contributed by atoms with Crippen LogP contribution in [0.25, 0.3) is 0 Å². The summed E-state index contributed by atoms with van der Waals surface area (Å²) >= 11 is 0. The standard InChI is InChI=1S/C10H18BF3NO2/c1-10(2,3)17-9(16)15-7-5-8(15)4-6-11(12,13)14/h8H,4-7H2,1-3H3/q-1. The number of nitrogens with zero attached hydrogens (tertiary/aromatic N) is 1. The van der Waals surface area contributed by atoms with Gasteiger partial charge in [0.1, 0.15) is 5.60 Å². The molecule has 3 nitrogen and oxygen atoms in total. The Morgan fingerprint density at radius 3 is 2.35 bits per heavy atom. The third kappa shape index (κ3) is 4.87. The van der Waals surface area contributed by atoms with Crippen molar-refractivity contribution in [2.45, 2.75) is 51.6 Å². The summed E-state index contributed by atoms with van der Waals surface area (Å²) in [5, 5.41) is 0. The highest BCUT2D eigenvalue weighted by molar-refractivity contribution is 6.58. The van der Waals surface area contributed by atoms with E-state index in [1.54, 1.807) is 20.8 Å². The summed E-state index contributed by atoms with van der Waals surface area (Å²) in [5.41, 5.74) is -0.606. The molecule has 1 aliphatic rings. The van der Waals surface area contributed by atoms with E-state index in [1.807, 2.05) is 0 Å². The molecule has 0 aromatic carbocycles. The minimum atomic E-state index is -4.76. The van der Waals surface area contributed by atoms with Crippen molar-refractivity contribution < 1.29 is 22.5 Å². The minimum absolute atomic E-state index is 0.0112. The second-order valence-corrected chi connectivity index (χ2v) is 5.40. The number of halogens is 3. The molecular formula is C10H18BF3NO2-. The molecule has 0 aromatic rings. The molecule has 0 saturated carbocycles. The van der Waals surface area contributed by atoms with Crippen LogP contribution in [0.2, 0.25) is 6.32 Å². The van der Waals surface area contributed by atoms with E-state index in [9.17, 15) is 17.7 Å². The predicted molar refractivity (Wildman–Crippen MR) is 59.8 cm³/mol. The Morgan fingerprint density at radius 2 is 2.00 bits per heavy atom. The molecule has 1 fully saturated rings. The summed E-state index contributed by atoms with van der Waals surface area (Å²) in [4.78, 5) is 13.0. The third-order valence-corrected chi connectivity index (χ3v) is 2.60. The number of rotatable bonds is 3. The maximum atomic E-state index is 12.1. The maximum Gasteiger partial charge on any atom is 0.478 e. The fourth-order valence-electron chi connectivity index (χ4n) is 1.68. The van der Waals surface area contributed by atoms with Gasteiger partial charge in [0.25, 0.3) is 0 Å². The molecule has 0 radical (unpaired) electrons. The molecule has 1 rings (SSSR count). The van der Waals surface area contributed by atoms with Crippen LogP contribution in [0.1, 0.15) is 33.6 Å². The van der Waals surface area contributed by atoms with E-state index in [2.05, 4.69) is 0 Å². The second kappa shape index (κ2) is 4.78. The zero-order valence-electron chi connectivity index (χ0n) is 10.4. The number of ether oxygens (including phenoxy) is 1. The van der Waals surface area contributed by atoms with Crippen LogP contribution in [0, 0.1) is 0 Å². The monoisotopic (exact) mass is 252 g/mol. The van der Waals surface area contributed by atoms with E-state index in [0.717, 1.165) is 0 Å². The zero-order chi connectivity index (χ0) is 13.3. The van der Waals surface area contributed by atoms with E-state index in [4.69, 9.17) is 4.74 Å². The molecule has 0 aliphatic carbocycles. The number of hydrogen-bond donors (Lipinski definition) is 0. The summed E-state index contributed by atoms with van der Waals surface area (Å²) < 4.78 is 41.4. The highest BCUT2D eigenvalue weighted by Gasteiger charge is 2.36. The van der Waals surface area contributed by atoms with Crippen molar-refractivity contribution in [3.63, 3.8) is 0 Å². The molecule has 1 saturated heterocycles. The molecule has 1 unspecified atom stereocenters. The van der Waals surface area contributed by atoms with E-state index in [-0.39, 0.29) is 12.5 Å². The molecule has 1 heterocycles. The van der Waals surface area contributed by atoms with E-state index in [0.29, 0.717) is 13.0 Å². The first-order valence-corrected chi connectivity index (χ1v) is 5.79. The molecule has 1 aliphatic heterocycles. The van der Waals surface area contributed by atoms with Crippen LogP contribution < -0.4 is 0 Å². The Kier molecular flexibility index (Phi) is 3.99. The number of carbonyl (C=O) groups is 1. The van der Waals surface area contributed by atoms with E-state index < -0.39 is 25.0 Å². The Morgan fingerprint density at radius 1 is 1.41 bits per heavy atom. The first-order valence-electron chi connectivity index (χ1n) is 5.79. The maximum absolute atomic E-state index is 12.1. The third-order valence-electron chi connectivity index (χ3n) is 2.60. The van der Waals surface area contributed by atoms with E-state index >= 15 is 0 Å². The fourth-order valence-corrected chi connectivity index (χ4v) is 1.68. The Labute approximate surface area is 99.4 Å². The van der Waals surface area contributed by atoms with Crippen molar-refractivity contribution in [3.05, 3.63) is 0 Å². The topological polar surface area (TPSA) is 29.5 Å². The number of carbonyl (C=O) groups excluding carboxylic acids is 1. The number of likely N-dealkylation sites (tertiary alicyclic amines) is 1.